The quantitative estimate of drug-likeness (QED) is 0.132. The monoisotopic (exact) mass is 783 g/mol. The Hall–Kier alpha value is -4.95. The molecule has 0 saturated heterocycles. The molecule has 47 heavy (non-hydrogen) atoms. The zero-order chi connectivity index (χ0) is 31.5. The predicted octanol–water partition coefficient (Wildman–Crippen LogP) is 11.5. The van der Waals surface area contributed by atoms with Crippen molar-refractivity contribution in [3.63, 3.8) is 0 Å². The molecule has 1 radical (unpaired) electrons. The summed E-state index contributed by atoms with van der Waals surface area (Å²) in [6.07, 6.45) is 3.71. The second-order valence-corrected chi connectivity index (χ2v) is 12.5. The minimum absolute atomic E-state index is 0. The van der Waals surface area contributed by atoms with E-state index in [2.05, 4.69) is 152 Å². The maximum Gasteiger partial charge on any atom is 0.0163 e. The number of hydrogen-bond acceptors (Lipinski definition) is 2. The predicted molar refractivity (Wildman–Crippen MR) is 194 cm³/mol. The molecule has 0 unspecified atom stereocenters. The van der Waals surface area contributed by atoms with Crippen LogP contribution >= 0.6 is 0 Å². The number of hydrogen-bond donors (Lipinski definition) is 0. The van der Waals surface area contributed by atoms with Crippen molar-refractivity contribution in [3.8, 4) is 33.6 Å². The molecule has 2 nitrogen and oxygen atoms in total. The van der Waals surface area contributed by atoms with E-state index in [4.69, 9.17) is 0 Å². The summed E-state index contributed by atoms with van der Waals surface area (Å²) in [6.45, 7) is 6.66. The molecule has 6 aromatic carbocycles. The van der Waals surface area contributed by atoms with Gasteiger partial charge in [0, 0.05) is 32.5 Å². The average molecular weight is 783 g/mol. The van der Waals surface area contributed by atoms with E-state index in [0.717, 1.165) is 22.5 Å². The summed E-state index contributed by atoms with van der Waals surface area (Å²) < 4.78 is 0. The standard InChI is InChI=1S/C23H14N.C21H20N.Ir/c1-2-9-19-17(7-1)18-8-3-4-10-20(18)22-15-16(12-13-21(19)22)23-11-5-6-14-24-23;1-21(2,3)19-12-13-22-20(15-19)18-11-7-10-17(14-18)16-8-5-4-6-9-16;/h1-11,13-15H;4-10,12-15H,1-3H3;/q2*-1;. The van der Waals surface area contributed by atoms with Gasteiger partial charge >= 0.3 is 0 Å². The van der Waals surface area contributed by atoms with Gasteiger partial charge in [0.05, 0.1) is 0 Å². The number of fused-ring (bicyclic) bond motifs is 6. The average Bonchev–Trinajstić information content (AvgIpc) is 3.12. The van der Waals surface area contributed by atoms with Crippen molar-refractivity contribution >= 4 is 32.3 Å². The van der Waals surface area contributed by atoms with Crippen molar-refractivity contribution in [1.29, 1.82) is 0 Å². The third-order valence-corrected chi connectivity index (χ3v) is 8.43. The van der Waals surface area contributed by atoms with Gasteiger partial charge in [-0.05, 0) is 56.2 Å². The Balaban J connectivity index is 0.000000162. The van der Waals surface area contributed by atoms with Crippen LogP contribution in [0, 0.1) is 12.1 Å². The van der Waals surface area contributed by atoms with Crippen LogP contribution in [0.4, 0.5) is 0 Å². The van der Waals surface area contributed by atoms with Crippen molar-refractivity contribution < 1.29 is 20.1 Å². The van der Waals surface area contributed by atoms with Gasteiger partial charge in [0.15, 0.2) is 0 Å². The third-order valence-electron chi connectivity index (χ3n) is 8.43. The zero-order valence-corrected chi connectivity index (χ0v) is 29.1. The van der Waals surface area contributed by atoms with Crippen LogP contribution in [0.25, 0.3) is 66.0 Å². The number of rotatable bonds is 3. The first kappa shape index (κ1) is 32.0. The van der Waals surface area contributed by atoms with Crippen molar-refractivity contribution in [3.05, 3.63) is 170 Å². The van der Waals surface area contributed by atoms with E-state index in [1.807, 2.05) is 42.7 Å². The van der Waals surface area contributed by atoms with Crippen LogP contribution in [0.1, 0.15) is 26.3 Å². The van der Waals surface area contributed by atoms with Crippen molar-refractivity contribution in [2.24, 2.45) is 0 Å². The van der Waals surface area contributed by atoms with Gasteiger partial charge in [0.25, 0.3) is 0 Å². The molecule has 8 aromatic rings. The Morgan fingerprint density at radius 1 is 0.468 bits per heavy atom. The first-order valence-electron chi connectivity index (χ1n) is 15.7. The normalized spacial score (nSPS) is 11.1. The van der Waals surface area contributed by atoms with Crippen LogP contribution in [0.5, 0.6) is 0 Å². The number of benzene rings is 6. The summed E-state index contributed by atoms with van der Waals surface area (Å²) in [5.74, 6) is 0. The molecule has 0 N–H and O–H groups in total. The number of aromatic nitrogens is 2. The van der Waals surface area contributed by atoms with Gasteiger partial charge in [-0.15, -0.1) is 59.2 Å². The maximum absolute atomic E-state index is 4.53. The summed E-state index contributed by atoms with van der Waals surface area (Å²) in [5.41, 5.74) is 7.81. The smallest absolute Gasteiger partial charge is 0.0163 e. The van der Waals surface area contributed by atoms with E-state index in [1.165, 1.54) is 49.0 Å². The van der Waals surface area contributed by atoms with E-state index in [9.17, 15) is 0 Å². The van der Waals surface area contributed by atoms with E-state index >= 15 is 0 Å². The fraction of sp³-hybridized carbons (Fsp3) is 0.0909. The molecule has 0 saturated carbocycles. The molecule has 8 rings (SSSR count). The van der Waals surface area contributed by atoms with Gasteiger partial charge in [0.2, 0.25) is 0 Å². The molecule has 0 amide bonds. The fourth-order valence-corrected chi connectivity index (χ4v) is 5.98. The Morgan fingerprint density at radius 3 is 1.72 bits per heavy atom. The first-order chi connectivity index (χ1) is 22.5. The first-order valence-corrected chi connectivity index (χ1v) is 15.7. The summed E-state index contributed by atoms with van der Waals surface area (Å²) >= 11 is 0. The van der Waals surface area contributed by atoms with Crippen LogP contribution in [0.15, 0.2) is 152 Å². The van der Waals surface area contributed by atoms with Crippen LogP contribution < -0.4 is 0 Å². The van der Waals surface area contributed by atoms with Crippen molar-refractivity contribution in [2.45, 2.75) is 26.2 Å². The minimum Gasteiger partial charge on any atom is -0.305 e. The minimum atomic E-state index is 0. The molecule has 231 valence electrons. The second-order valence-electron chi connectivity index (χ2n) is 12.5. The molecule has 0 aliphatic heterocycles. The van der Waals surface area contributed by atoms with Gasteiger partial charge in [0.1, 0.15) is 0 Å². The molecular formula is C44H34IrN2-2. The molecule has 2 aromatic heterocycles. The number of pyridine rings is 2. The summed E-state index contributed by atoms with van der Waals surface area (Å²) in [7, 11) is 0. The van der Waals surface area contributed by atoms with Gasteiger partial charge in [-0.1, -0.05) is 134 Å². The van der Waals surface area contributed by atoms with Crippen LogP contribution in [-0.2, 0) is 25.5 Å². The SMILES string of the molecule is CC(C)(C)c1ccnc(-c2[c-]ccc(-c3ccccc3)c2)c1.[Ir].[c-]1cc2c3ccccc3c3ccccc3c2cc1-c1ccccn1. The molecule has 0 aliphatic rings. The largest absolute Gasteiger partial charge is 0.305 e. The Labute approximate surface area is 290 Å². The van der Waals surface area contributed by atoms with Gasteiger partial charge < -0.3 is 9.97 Å². The van der Waals surface area contributed by atoms with Gasteiger partial charge in [-0.3, -0.25) is 0 Å². The molecule has 2 heterocycles. The molecular weight excluding hydrogens is 749 g/mol. The van der Waals surface area contributed by atoms with Crippen LogP contribution in [-0.4, -0.2) is 9.97 Å². The van der Waals surface area contributed by atoms with Crippen LogP contribution in [0.3, 0.4) is 0 Å². The van der Waals surface area contributed by atoms with E-state index in [1.54, 1.807) is 0 Å². The summed E-state index contributed by atoms with van der Waals surface area (Å²) in [6, 6.07) is 55.1. The van der Waals surface area contributed by atoms with Crippen LogP contribution in [0.2, 0.25) is 0 Å². The van der Waals surface area contributed by atoms with E-state index in [0.29, 0.717) is 0 Å². The number of nitrogens with zero attached hydrogens (tertiary/aromatic N) is 2. The van der Waals surface area contributed by atoms with Gasteiger partial charge in [-0.25, -0.2) is 0 Å². The topological polar surface area (TPSA) is 25.8 Å². The molecule has 0 aliphatic carbocycles. The van der Waals surface area contributed by atoms with Crippen molar-refractivity contribution in [1.82, 2.24) is 9.97 Å². The molecule has 0 spiro atoms. The molecule has 0 atom stereocenters. The van der Waals surface area contributed by atoms with E-state index in [-0.39, 0.29) is 25.5 Å². The zero-order valence-electron chi connectivity index (χ0n) is 26.7. The third kappa shape index (κ3) is 6.78. The molecule has 3 heteroatoms. The Kier molecular flexibility index (Phi) is 9.40. The summed E-state index contributed by atoms with van der Waals surface area (Å²) in [5, 5.41) is 7.62. The molecule has 0 bridgehead atoms. The second kappa shape index (κ2) is 13.8. The van der Waals surface area contributed by atoms with Crippen molar-refractivity contribution in [2.75, 3.05) is 0 Å². The Morgan fingerprint density at radius 2 is 1.06 bits per heavy atom. The molecule has 0 fully saturated rings. The van der Waals surface area contributed by atoms with Gasteiger partial charge in [-0.2, -0.15) is 0 Å². The summed E-state index contributed by atoms with van der Waals surface area (Å²) in [4.78, 5) is 8.99. The maximum atomic E-state index is 4.53. The Bertz CT molecular complexity index is 2250. The fourth-order valence-electron chi connectivity index (χ4n) is 5.98. The van der Waals surface area contributed by atoms with E-state index < -0.39 is 0 Å².